The van der Waals surface area contributed by atoms with Crippen molar-refractivity contribution < 1.29 is 19.4 Å². The third-order valence-electron chi connectivity index (χ3n) is 6.22. The molecule has 4 aromatic rings. The molecule has 2 aromatic heterocycles. The summed E-state index contributed by atoms with van der Waals surface area (Å²) < 4.78 is 14.4. The van der Waals surface area contributed by atoms with Crippen molar-refractivity contribution in [1.82, 2.24) is 30.5 Å². The Bertz CT molecular complexity index is 1330. The maximum Gasteiger partial charge on any atom is 0.253 e. The lowest BCUT2D eigenvalue weighted by Crippen LogP contribution is -2.31. The Morgan fingerprint density at radius 1 is 1.08 bits per heavy atom. The van der Waals surface area contributed by atoms with Crippen LogP contribution in [0, 0.1) is 0 Å². The summed E-state index contributed by atoms with van der Waals surface area (Å²) >= 11 is 1.54. The highest BCUT2D eigenvalue weighted by Gasteiger charge is 2.32. The van der Waals surface area contributed by atoms with Gasteiger partial charge in [0.05, 0.1) is 24.4 Å². The van der Waals surface area contributed by atoms with Gasteiger partial charge in [0.25, 0.3) is 5.91 Å². The number of amides is 1. The Balaban J connectivity index is 1.27. The number of carbonyl (C=O) groups excluding carboxylic acids is 1. The Kier molecular flexibility index (Phi) is 8.39. The van der Waals surface area contributed by atoms with Gasteiger partial charge >= 0.3 is 0 Å². The van der Waals surface area contributed by atoms with Crippen molar-refractivity contribution in [3.8, 4) is 0 Å². The number of aliphatic hydroxyl groups is 1. The van der Waals surface area contributed by atoms with Gasteiger partial charge in [0, 0.05) is 43.7 Å². The molecule has 0 bridgehead atoms. The van der Waals surface area contributed by atoms with Gasteiger partial charge in [0.2, 0.25) is 5.16 Å². The molecule has 0 aliphatic carbocycles. The molecule has 11 heteroatoms. The van der Waals surface area contributed by atoms with E-state index in [4.69, 9.17) is 9.47 Å². The number of pyridine rings is 1. The Labute approximate surface area is 224 Å². The fourth-order valence-corrected chi connectivity index (χ4v) is 4.98. The summed E-state index contributed by atoms with van der Waals surface area (Å²) in [6, 6.07) is 19.1. The van der Waals surface area contributed by atoms with E-state index in [-0.39, 0.29) is 24.7 Å². The van der Waals surface area contributed by atoms with Crippen LogP contribution in [0.4, 0.5) is 0 Å². The first kappa shape index (κ1) is 26.0. The van der Waals surface area contributed by atoms with E-state index in [1.807, 2.05) is 55.6 Å². The Morgan fingerprint density at radius 3 is 2.53 bits per heavy atom. The fourth-order valence-electron chi connectivity index (χ4n) is 4.11. The van der Waals surface area contributed by atoms with E-state index in [9.17, 15) is 9.90 Å². The maximum atomic E-state index is 12.3. The molecule has 0 unspecified atom stereocenters. The van der Waals surface area contributed by atoms with Crippen LogP contribution in [0.25, 0.3) is 0 Å². The molecule has 3 heterocycles. The lowest BCUT2D eigenvalue weighted by molar-refractivity contribution is -0.245. The van der Waals surface area contributed by atoms with E-state index < -0.39 is 6.29 Å². The number of rotatable bonds is 9. The number of hydrogen-bond acceptors (Lipinski definition) is 9. The number of aromatic nitrogens is 5. The zero-order valence-corrected chi connectivity index (χ0v) is 21.6. The van der Waals surface area contributed by atoms with Gasteiger partial charge in [-0.3, -0.25) is 9.78 Å². The molecule has 0 saturated carbocycles. The average molecular weight is 533 g/mol. The van der Waals surface area contributed by atoms with Gasteiger partial charge in [0.15, 0.2) is 6.29 Å². The number of aliphatic hydroxyl groups excluding tert-OH is 1. The van der Waals surface area contributed by atoms with Gasteiger partial charge in [-0.1, -0.05) is 60.3 Å². The van der Waals surface area contributed by atoms with Crippen molar-refractivity contribution in [3.05, 3.63) is 101 Å². The second-order valence-electron chi connectivity index (χ2n) is 8.91. The predicted octanol–water partition coefficient (Wildman–Crippen LogP) is 3.37. The number of thioether (sulfide) groups is 1. The van der Waals surface area contributed by atoms with E-state index >= 15 is 0 Å². The smallest absolute Gasteiger partial charge is 0.253 e. The van der Waals surface area contributed by atoms with Gasteiger partial charge < -0.3 is 19.9 Å². The van der Waals surface area contributed by atoms with Gasteiger partial charge in [-0.2, -0.15) is 0 Å². The fraction of sp³-hybridized carbons (Fsp3) is 0.296. The Hall–Kier alpha value is -3.64. The third-order valence-corrected chi connectivity index (χ3v) is 7.37. The first-order valence-corrected chi connectivity index (χ1v) is 13.2. The van der Waals surface area contributed by atoms with Crippen LogP contribution in [0.5, 0.6) is 0 Å². The van der Waals surface area contributed by atoms with E-state index in [2.05, 4.69) is 25.8 Å². The number of tetrazole rings is 1. The molecule has 2 aromatic carbocycles. The van der Waals surface area contributed by atoms with Crippen molar-refractivity contribution in [2.45, 2.75) is 43.2 Å². The average Bonchev–Trinajstić information content (AvgIpc) is 3.39. The lowest BCUT2D eigenvalue weighted by atomic mass is 10.0. The van der Waals surface area contributed by atoms with Gasteiger partial charge in [0.1, 0.15) is 0 Å². The predicted molar refractivity (Wildman–Crippen MR) is 140 cm³/mol. The molecule has 0 spiro atoms. The minimum Gasteiger partial charge on any atom is -0.392 e. The van der Waals surface area contributed by atoms with Gasteiger partial charge in [-0.05, 0) is 39.2 Å². The van der Waals surface area contributed by atoms with Crippen LogP contribution in [-0.4, -0.2) is 48.1 Å². The molecule has 2 N–H and O–H groups in total. The van der Waals surface area contributed by atoms with Crippen molar-refractivity contribution in [2.75, 3.05) is 5.75 Å². The van der Waals surface area contributed by atoms with Crippen molar-refractivity contribution in [3.63, 3.8) is 0 Å². The summed E-state index contributed by atoms with van der Waals surface area (Å²) in [5, 5.41) is 24.7. The van der Waals surface area contributed by atoms with E-state index in [1.54, 1.807) is 29.2 Å². The lowest BCUT2D eigenvalue weighted by Gasteiger charge is -2.36. The number of benzene rings is 2. The zero-order valence-electron chi connectivity index (χ0n) is 20.8. The molecule has 1 saturated heterocycles. The number of ether oxygens (including phenoxy) is 2. The number of carbonyl (C=O) groups is 1. The van der Waals surface area contributed by atoms with Crippen LogP contribution in [0.1, 0.15) is 51.4 Å². The van der Waals surface area contributed by atoms with Crippen LogP contribution in [0.15, 0.2) is 78.2 Å². The SMILES string of the molecule is Cn1nnnc1SC[C@H]1C[C@@H](c2ccc(CO)cc2)O[C@@H](c2ccc(CNC(=O)c3cccnc3)cc2)O1. The standard InChI is InChI=1S/C27H28N6O4S/c1-33-27(30-31-32-33)38-17-23-13-24(20-8-6-19(16-34)7-9-20)37-26(36-23)21-10-4-18(5-11-21)14-29-25(35)22-3-2-12-28-15-22/h2-12,15,23-24,26,34H,13-14,16-17H2,1H3,(H,29,35)/t23-,24+,26+/m1/s1. The molecule has 196 valence electrons. The first-order chi connectivity index (χ1) is 18.6. The van der Waals surface area contributed by atoms with Crippen molar-refractivity contribution in [1.29, 1.82) is 0 Å². The summed E-state index contributed by atoms with van der Waals surface area (Å²) in [5.41, 5.74) is 4.25. The second-order valence-corrected chi connectivity index (χ2v) is 9.90. The maximum absolute atomic E-state index is 12.3. The number of nitrogens with one attached hydrogen (secondary N) is 1. The molecular formula is C27H28N6O4S. The van der Waals surface area contributed by atoms with Crippen LogP contribution in [0.3, 0.4) is 0 Å². The number of hydrogen-bond donors (Lipinski definition) is 2. The van der Waals surface area contributed by atoms with E-state index in [1.165, 1.54) is 11.8 Å². The van der Waals surface area contributed by atoms with E-state index in [0.717, 1.165) is 27.4 Å². The highest BCUT2D eigenvalue weighted by molar-refractivity contribution is 7.99. The highest BCUT2D eigenvalue weighted by Crippen LogP contribution is 2.39. The summed E-state index contributed by atoms with van der Waals surface area (Å²) in [4.78, 5) is 16.3. The second kappa shape index (κ2) is 12.3. The summed E-state index contributed by atoms with van der Waals surface area (Å²) in [6.07, 6.45) is 3.01. The Morgan fingerprint density at radius 2 is 1.84 bits per heavy atom. The normalized spacial score (nSPS) is 19.3. The van der Waals surface area contributed by atoms with Crippen LogP contribution < -0.4 is 5.32 Å². The van der Waals surface area contributed by atoms with Crippen molar-refractivity contribution >= 4 is 17.7 Å². The molecule has 0 radical (unpaired) electrons. The van der Waals surface area contributed by atoms with Gasteiger partial charge in [-0.25, -0.2) is 4.68 Å². The third kappa shape index (κ3) is 6.43. The topological polar surface area (TPSA) is 124 Å². The minimum atomic E-state index is -0.562. The molecule has 1 aliphatic rings. The summed E-state index contributed by atoms with van der Waals surface area (Å²) in [6.45, 7) is 0.392. The number of nitrogens with zero attached hydrogens (tertiary/aromatic N) is 5. The quantitative estimate of drug-likeness (QED) is 0.312. The molecule has 3 atom stereocenters. The zero-order chi connectivity index (χ0) is 26.3. The van der Waals surface area contributed by atoms with Crippen LogP contribution >= 0.6 is 11.8 Å². The van der Waals surface area contributed by atoms with Gasteiger partial charge in [-0.15, -0.1) is 5.10 Å². The van der Waals surface area contributed by atoms with Crippen LogP contribution in [0.2, 0.25) is 0 Å². The van der Waals surface area contributed by atoms with E-state index in [0.29, 0.717) is 24.3 Å². The molecule has 1 fully saturated rings. The molecule has 10 nitrogen and oxygen atoms in total. The molecule has 5 rings (SSSR count). The molecule has 1 aliphatic heterocycles. The molecule has 38 heavy (non-hydrogen) atoms. The monoisotopic (exact) mass is 532 g/mol. The van der Waals surface area contributed by atoms with Crippen LogP contribution in [-0.2, 0) is 29.7 Å². The summed E-state index contributed by atoms with van der Waals surface area (Å²) in [5.74, 6) is 0.493. The summed E-state index contributed by atoms with van der Waals surface area (Å²) in [7, 11) is 1.81. The number of aryl methyl sites for hydroxylation is 1. The molecule has 1 amide bonds. The minimum absolute atomic E-state index is 0.00240. The first-order valence-electron chi connectivity index (χ1n) is 12.2. The highest BCUT2D eigenvalue weighted by atomic mass is 32.2. The largest absolute Gasteiger partial charge is 0.392 e. The van der Waals surface area contributed by atoms with Crippen molar-refractivity contribution in [2.24, 2.45) is 7.05 Å². The molecular weight excluding hydrogens is 504 g/mol.